The van der Waals surface area contributed by atoms with Crippen LogP contribution in [0.15, 0.2) is 59.0 Å². The molecule has 1 amide bonds. The predicted molar refractivity (Wildman–Crippen MR) is 114 cm³/mol. The highest BCUT2D eigenvalue weighted by Gasteiger charge is 2.20. The fourth-order valence-electron chi connectivity index (χ4n) is 3.92. The van der Waals surface area contributed by atoms with E-state index in [9.17, 15) is 4.79 Å². The van der Waals surface area contributed by atoms with Crippen LogP contribution < -0.4 is 10.1 Å². The second-order valence-electron chi connectivity index (χ2n) is 7.51. The summed E-state index contributed by atoms with van der Waals surface area (Å²) in [4.78, 5) is 14.2. The van der Waals surface area contributed by atoms with E-state index in [4.69, 9.17) is 9.15 Å². The Labute approximate surface area is 171 Å². The number of rotatable bonds is 8. The highest BCUT2D eigenvalue weighted by molar-refractivity contribution is 5.78. The number of benzene rings is 2. The number of fused-ring (bicyclic) bond motifs is 1. The number of ether oxygens (including phenoxy) is 1. The first-order valence-corrected chi connectivity index (χ1v) is 10.4. The molecule has 2 heterocycles. The molecule has 1 atom stereocenters. The Morgan fingerprint density at radius 1 is 1.14 bits per heavy atom. The van der Waals surface area contributed by atoms with Crippen LogP contribution in [0.1, 0.15) is 43.6 Å². The molecule has 1 unspecified atom stereocenters. The third kappa shape index (κ3) is 4.62. The minimum absolute atomic E-state index is 0.0700. The third-order valence-electron chi connectivity index (χ3n) is 5.51. The topological polar surface area (TPSA) is 54.7 Å². The van der Waals surface area contributed by atoms with E-state index >= 15 is 0 Å². The number of hydrogen-bond acceptors (Lipinski definition) is 4. The Hall–Kier alpha value is -2.79. The fourth-order valence-corrected chi connectivity index (χ4v) is 3.92. The van der Waals surface area contributed by atoms with E-state index in [2.05, 4.69) is 30.4 Å². The molecule has 0 saturated carbocycles. The van der Waals surface area contributed by atoms with Crippen molar-refractivity contribution in [3.05, 3.63) is 65.9 Å². The third-order valence-corrected chi connectivity index (χ3v) is 5.51. The zero-order valence-electron chi connectivity index (χ0n) is 16.9. The summed E-state index contributed by atoms with van der Waals surface area (Å²) in [6.45, 7) is 4.56. The number of nitrogens with zero attached hydrogens (tertiary/aromatic N) is 1. The second kappa shape index (κ2) is 9.14. The first-order chi connectivity index (χ1) is 14.2. The molecule has 0 spiro atoms. The van der Waals surface area contributed by atoms with Gasteiger partial charge in [0, 0.05) is 30.1 Å². The van der Waals surface area contributed by atoms with Gasteiger partial charge >= 0.3 is 0 Å². The molecule has 5 heteroatoms. The van der Waals surface area contributed by atoms with Gasteiger partial charge in [0.1, 0.15) is 17.1 Å². The summed E-state index contributed by atoms with van der Waals surface area (Å²) in [6.07, 6.45) is 3.08. The van der Waals surface area contributed by atoms with Crippen molar-refractivity contribution >= 4 is 16.9 Å². The minimum atomic E-state index is 0.0700. The number of hydrogen-bond donors (Lipinski definition) is 1. The van der Waals surface area contributed by atoms with Crippen LogP contribution in [-0.4, -0.2) is 30.5 Å². The SMILES string of the molecule is CCC(NCc1cc2ccccc2o1)c1ccccc1OCC(=O)N1CCCC1. The van der Waals surface area contributed by atoms with Crippen molar-refractivity contribution in [1.82, 2.24) is 10.2 Å². The molecule has 4 rings (SSSR count). The average molecular weight is 392 g/mol. The molecule has 0 aliphatic carbocycles. The van der Waals surface area contributed by atoms with Crippen LogP contribution >= 0.6 is 0 Å². The Bertz CT molecular complexity index is 926. The van der Waals surface area contributed by atoms with Gasteiger partial charge in [-0.3, -0.25) is 4.79 Å². The Balaban J connectivity index is 1.41. The van der Waals surface area contributed by atoms with Gasteiger partial charge in [0.2, 0.25) is 0 Å². The summed E-state index contributed by atoms with van der Waals surface area (Å²) in [5.74, 6) is 1.75. The lowest BCUT2D eigenvalue weighted by Gasteiger charge is -2.21. The van der Waals surface area contributed by atoms with Crippen molar-refractivity contribution in [1.29, 1.82) is 0 Å². The van der Waals surface area contributed by atoms with Gasteiger partial charge in [-0.25, -0.2) is 0 Å². The van der Waals surface area contributed by atoms with Crippen LogP contribution in [0.3, 0.4) is 0 Å². The average Bonchev–Trinajstić information content (AvgIpc) is 3.43. The predicted octanol–water partition coefficient (Wildman–Crippen LogP) is 4.67. The summed E-state index contributed by atoms with van der Waals surface area (Å²) in [6, 6.07) is 18.2. The molecule has 5 nitrogen and oxygen atoms in total. The van der Waals surface area contributed by atoms with Crippen molar-refractivity contribution in [2.75, 3.05) is 19.7 Å². The zero-order chi connectivity index (χ0) is 20.1. The Morgan fingerprint density at radius 2 is 1.90 bits per heavy atom. The zero-order valence-corrected chi connectivity index (χ0v) is 16.9. The molecule has 0 radical (unpaired) electrons. The van der Waals surface area contributed by atoms with E-state index < -0.39 is 0 Å². The summed E-state index contributed by atoms with van der Waals surface area (Å²) >= 11 is 0. The lowest BCUT2D eigenvalue weighted by Crippen LogP contribution is -2.32. The van der Waals surface area contributed by atoms with E-state index in [1.165, 1.54) is 0 Å². The number of para-hydroxylation sites is 2. The van der Waals surface area contributed by atoms with Crippen molar-refractivity contribution < 1.29 is 13.9 Å². The first-order valence-electron chi connectivity index (χ1n) is 10.4. The summed E-state index contributed by atoms with van der Waals surface area (Å²) < 4.78 is 11.9. The summed E-state index contributed by atoms with van der Waals surface area (Å²) in [5.41, 5.74) is 1.97. The van der Waals surface area contributed by atoms with Crippen LogP contribution in [0.25, 0.3) is 11.0 Å². The van der Waals surface area contributed by atoms with E-state index in [-0.39, 0.29) is 18.6 Å². The maximum atomic E-state index is 12.3. The fraction of sp³-hybridized carbons (Fsp3) is 0.375. The molecule has 152 valence electrons. The molecule has 1 aliphatic heterocycles. The molecule has 0 bridgehead atoms. The van der Waals surface area contributed by atoms with Crippen molar-refractivity contribution in [3.63, 3.8) is 0 Å². The summed E-state index contributed by atoms with van der Waals surface area (Å²) in [7, 11) is 0. The molecule has 1 saturated heterocycles. The van der Waals surface area contributed by atoms with E-state index in [1.54, 1.807) is 0 Å². The molecule has 29 heavy (non-hydrogen) atoms. The molecule has 2 aromatic carbocycles. The lowest BCUT2D eigenvalue weighted by molar-refractivity contribution is -0.132. The van der Waals surface area contributed by atoms with E-state index in [0.29, 0.717) is 6.54 Å². The van der Waals surface area contributed by atoms with Crippen LogP contribution in [-0.2, 0) is 11.3 Å². The van der Waals surface area contributed by atoms with E-state index in [1.807, 2.05) is 41.3 Å². The highest BCUT2D eigenvalue weighted by Crippen LogP contribution is 2.28. The molecule has 1 aromatic heterocycles. The lowest BCUT2D eigenvalue weighted by atomic mass is 10.0. The largest absolute Gasteiger partial charge is 0.483 e. The number of amides is 1. The van der Waals surface area contributed by atoms with Gasteiger partial charge in [0.25, 0.3) is 5.91 Å². The van der Waals surface area contributed by atoms with Crippen LogP contribution in [0.5, 0.6) is 5.75 Å². The maximum absolute atomic E-state index is 12.3. The number of furan rings is 1. The number of likely N-dealkylation sites (tertiary alicyclic amines) is 1. The van der Waals surface area contributed by atoms with Gasteiger partial charge < -0.3 is 19.4 Å². The molecule has 3 aromatic rings. The first kappa shape index (κ1) is 19.5. The molecular weight excluding hydrogens is 364 g/mol. The minimum Gasteiger partial charge on any atom is -0.483 e. The van der Waals surface area contributed by atoms with Crippen LogP contribution in [0, 0.1) is 0 Å². The molecule has 1 aliphatic rings. The monoisotopic (exact) mass is 392 g/mol. The van der Waals surface area contributed by atoms with Gasteiger partial charge in [0.05, 0.1) is 6.54 Å². The number of carbonyl (C=O) groups is 1. The van der Waals surface area contributed by atoms with E-state index in [0.717, 1.165) is 60.4 Å². The van der Waals surface area contributed by atoms with Crippen molar-refractivity contribution in [2.24, 2.45) is 0 Å². The molecular formula is C24H28N2O3. The molecule has 1 N–H and O–H groups in total. The smallest absolute Gasteiger partial charge is 0.260 e. The van der Waals surface area contributed by atoms with Gasteiger partial charge in [-0.05, 0) is 37.5 Å². The standard InChI is InChI=1S/C24H28N2O3/c1-2-21(25-16-19-15-18-9-3-5-11-22(18)29-19)20-10-4-6-12-23(20)28-17-24(27)26-13-7-8-14-26/h3-6,9-12,15,21,25H,2,7-8,13-14,16-17H2,1H3. The quantitative estimate of drug-likeness (QED) is 0.605. The number of carbonyl (C=O) groups excluding carboxylic acids is 1. The van der Waals surface area contributed by atoms with Crippen LogP contribution in [0.2, 0.25) is 0 Å². The number of nitrogens with one attached hydrogen (secondary N) is 1. The van der Waals surface area contributed by atoms with Crippen LogP contribution in [0.4, 0.5) is 0 Å². The van der Waals surface area contributed by atoms with Gasteiger partial charge in [0.15, 0.2) is 6.61 Å². The Morgan fingerprint density at radius 3 is 2.69 bits per heavy atom. The molecule has 1 fully saturated rings. The summed E-state index contributed by atoms with van der Waals surface area (Å²) in [5, 5.41) is 4.69. The maximum Gasteiger partial charge on any atom is 0.260 e. The van der Waals surface area contributed by atoms with Crippen molar-refractivity contribution in [3.8, 4) is 5.75 Å². The Kier molecular flexibility index (Phi) is 6.15. The van der Waals surface area contributed by atoms with Crippen molar-refractivity contribution in [2.45, 2.75) is 38.8 Å². The van der Waals surface area contributed by atoms with Gasteiger partial charge in [-0.1, -0.05) is 43.3 Å². The van der Waals surface area contributed by atoms with Gasteiger partial charge in [-0.15, -0.1) is 0 Å². The normalized spacial score (nSPS) is 15.0. The highest BCUT2D eigenvalue weighted by atomic mass is 16.5. The van der Waals surface area contributed by atoms with Gasteiger partial charge in [-0.2, -0.15) is 0 Å². The second-order valence-corrected chi connectivity index (χ2v) is 7.51.